The lowest BCUT2D eigenvalue weighted by Gasteiger charge is -2.05. The van der Waals surface area contributed by atoms with Crippen molar-refractivity contribution in [1.29, 1.82) is 0 Å². The maximum atomic E-state index is 10.5. The molecule has 0 saturated heterocycles. The van der Waals surface area contributed by atoms with E-state index in [-0.39, 0.29) is 11.5 Å². The first-order chi connectivity index (χ1) is 16.7. The molecule has 0 atom stereocenters. The van der Waals surface area contributed by atoms with Crippen molar-refractivity contribution in [3.8, 4) is 11.5 Å². The fraction of sp³-hybridized carbons (Fsp3) is 0.0667. The van der Waals surface area contributed by atoms with E-state index in [4.69, 9.17) is 0 Å². The fourth-order valence-electron chi connectivity index (χ4n) is 4.08. The molecular formula is C30H24N2O2. The first-order valence-electron chi connectivity index (χ1n) is 11.2. The second-order valence-corrected chi connectivity index (χ2v) is 8.21. The van der Waals surface area contributed by atoms with Crippen LogP contribution in [-0.4, -0.2) is 22.6 Å². The van der Waals surface area contributed by atoms with E-state index in [0.717, 1.165) is 32.7 Å². The van der Waals surface area contributed by atoms with Crippen LogP contribution >= 0.6 is 0 Å². The number of hydrogen-bond acceptors (Lipinski definition) is 4. The standard InChI is InChI=1S/C30H24N2O2/c33-29-25(14-12-23-8-1-3-10-27(23)29)19-31-17-21-6-5-7-22(16-21)18-32-20-26-15-13-24-9-2-4-11-28(24)30(26)34/h1-16,19-20,33-34H,17-18H2. The Hall–Kier alpha value is -4.44. The van der Waals surface area contributed by atoms with Gasteiger partial charge in [0.05, 0.1) is 13.1 Å². The van der Waals surface area contributed by atoms with E-state index in [9.17, 15) is 10.2 Å². The molecule has 5 aromatic carbocycles. The van der Waals surface area contributed by atoms with Crippen LogP contribution in [0.1, 0.15) is 22.3 Å². The summed E-state index contributed by atoms with van der Waals surface area (Å²) in [6, 6.07) is 31.4. The average Bonchev–Trinajstić information content (AvgIpc) is 2.87. The molecule has 0 spiro atoms. The molecule has 0 aliphatic carbocycles. The minimum Gasteiger partial charge on any atom is -0.507 e. The second-order valence-electron chi connectivity index (χ2n) is 8.21. The lowest BCUT2D eigenvalue weighted by atomic mass is 10.1. The number of fused-ring (bicyclic) bond motifs is 2. The summed E-state index contributed by atoms with van der Waals surface area (Å²) in [5.74, 6) is 0.503. The Balaban J connectivity index is 1.26. The minimum absolute atomic E-state index is 0.252. The second kappa shape index (κ2) is 9.59. The van der Waals surface area contributed by atoms with Crippen molar-refractivity contribution >= 4 is 34.0 Å². The van der Waals surface area contributed by atoms with Gasteiger partial charge in [0.15, 0.2) is 0 Å². The van der Waals surface area contributed by atoms with Crippen molar-refractivity contribution in [2.75, 3.05) is 0 Å². The third-order valence-electron chi connectivity index (χ3n) is 5.86. The molecule has 0 saturated carbocycles. The van der Waals surface area contributed by atoms with Crippen LogP contribution in [0.2, 0.25) is 0 Å². The number of rotatable bonds is 6. The molecule has 4 nitrogen and oxygen atoms in total. The normalized spacial score (nSPS) is 11.8. The van der Waals surface area contributed by atoms with Crippen LogP contribution in [0.3, 0.4) is 0 Å². The summed E-state index contributed by atoms with van der Waals surface area (Å²) in [4.78, 5) is 9.07. The van der Waals surface area contributed by atoms with Crippen molar-refractivity contribution < 1.29 is 10.2 Å². The van der Waals surface area contributed by atoms with Gasteiger partial charge in [-0.2, -0.15) is 0 Å². The van der Waals surface area contributed by atoms with Crippen LogP contribution in [0.15, 0.2) is 107 Å². The summed E-state index contributed by atoms with van der Waals surface area (Å²) in [6.07, 6.45) is 3.43. The highest BCUT2D eigenvalue weighted by Crippen LogP contribution is 2.28. The smallest absolute Gasteiger partial charge is 0.132 e. The monoisotopic (exact) mass is 444 g/mol. The van der Waals surface area contributed by atoms with Gasteiger partial charge in [0.1, 0.15) is 11.5 Å². The first-order valence-corrected chi connectivity index (χ1v) is 11.2. The van der Waals surface area contributed by atoms with Crippen molar-refractivity contribution in [2.45, 2.75) is 13.1 Å². The van der Waals surface area contributed by atoms with Gasteiger partial charge in [-0.3, -0.25) is 9.98 Å². The first kappa shape index (κ1) is 21.4. The Morgan fingerprint density at radius 3 is 1.50 bits per heavy atom. The molecule has 0 amide bonds. The van der Waals surface area contributed by atoms with Gasteiger partial charge in [0.2, 0.25) is 0 Å². The average molecular weight is 445 g/mol. The van der Waals surface area contributed by atoms with E-state index in [0.29, 0.717) is 24.2 Å². The quantitative estimate of drug-likeness (QED) is 0.288. The summed E-state index contributed by atoms with van der Waals surface area (Å²) in [6.45, 7) is 1.02. The summed E-state index contributed by atoms with van der Waals surface area (Å²) >= 11 is 0. The Bertz CT molecular complexity index is 1420. The third-order valence-corrected chi connectivity index (χ3v) is 5.86. The van der Waals surface area contributed by atoms with Crippen molar-refractivity contribution in [1.82, 2.24) is 0 Å². The van der Waals surface area contributed by atoms with E-state index < -0.39 is 0 Å². The number of aliphatic imine (C=N–C) groups is 2. The topological polar surface area (TPSA) is 65.2 Å². The van der Waals surface area contributed by atoms with Crippen LogP contribution in [0.5, 0.6) is 11.5 Å². The maximum Gasteiger partial charge on any atom is 0.132 e. The van der Waals surface area contributed by atoms with Gasteiger partial charge in [-0.15, -0.1) is 0 Å². The van der Waals surface area contributed by atoms with E-state index in [2.05, 4.69) is 16.1 Å². The predicted octanol–water partition coefficient (Wildman–Crippen LogP) is 6.64. The molecule has 0 heterocycles. The molecule has 34 heavy (non-hydrogen) atoms. The zero-order valence-electron chi connectivity index (χ0n) is 18.6. The molecule has 0 bridgehead atoms. The minimum atomic E-state index is 0.252. The van der Waals surface area contributed by atoms with Gasteiger partial charge in [0, 0.05) is 34.3 Å². The highest BCUT2D eigenvalue weighted by molar-refractivity contribution is 5.98. The van der Waals surface area contributed by atoms with Crippen molar-refractivity contribution in [3.63, 3.8) is 0 Å². The molecular weight excluding hydrogens is 420 g/mol. The van der Waals surface area contributed by atoms with Gasteiger partial charge < -0.3 is 10.2 Å². The predicted molar refractivity (Wildman–Crippen MR) is 140 cm³/mol. The number of hydrogen-bond donors (Lipinski definition) is 2. The Kier molecular flexibility index (Phi) is 6.04. The van der Waals surface area contributed by atoms with Gasteiger partial charge >= 0.3 is 0 Å². The summed E-state index contributed by atoms with van der Waals surface area (Å²) in [5.41, 5.74) is 3.54. The zero-order chi connectivity index (χ0) is 23.3. The molecule has 0 aliphatic heterocycles. The zero-order valence-corrected chi connectivity index (χ0v) is 18.6. The molecule has 0 aliphatic rings. The largest absolute Gasteiger partial charge is 0.507 e. The molecule has 5 rings (SSSR count). The molecule has 0 radical (unpaired) electrons. The van der Waals surface area contributed by atoms with Gasteiger partial charge in [-0.05, 0) is 34.0 Å². The summed E-state index contributed by atoms with van der Waals surface area (Å²) < 4.78 is 0. The third kappa shape index (κ3) is 4.52. The van der Waals surface area contributed by atoms with E-state index in [1.165, 1.54) is 0 Å². The molecule has 166 valence electrons. The Labute approximate surface area is 198 Å². The highest BCUT2D eigenvalue weighted by atomic mass is 16.3. The number of benzene rings is 5. The summed E-state index contributed by atoms with van der Waals surface area (Å²) in [5, 5.41) is 24.7. The van der Waals surface area contributed by atoms with E-state index in [1.54, 1.807) is 12.4 Å². The highest BCUT2D eigenvalue weighted by Gasteiger charge is 2.05. The van der Waals surface area contributed by atoms with Gasteiger partial charge in [0.25, 0.3) is 0 Å². The molecule has 0 fully saturated rings. The SMILES string of the molecule is Oc1c(C=NCc2cccc(CN=Cc3ccc4ccccc4c3O)c2)ccc2ccccc12. The lowest BCUT2D eigenvalue weighted by Crippen LogP contribution is -1.90. The van der Waals surface area contributed by atoms with Crippen molar-refractivity contribution in [3.05, 3.63) is 119 Å². The molecule has 0 unspecified atom stereocenters. The van der Waals surface area contributed by atoms with Crippen LogP contribution in [0, 0.1) is 0 Å². The maximum absolute atomic E-state index is 10.5. The number of phenolic OH excluding ortho intramolecular Hbond substituents is 2. The Morgan fingerprint density at radius 2 is 1.00 bits per heavy atom. The molecule has 0 aromatic heterocycles. The number of aromatic hydroxyl groups is 2. The molecule has 2 N–H and O–H groups in total. The molecule has 5 aromatic rings. The van der Waals surface area contributed by atoms with Gasteiger partial charge in [-0.25, -0.2) is 0 Å². The van der Waals surface area contributed by atoms with Crippen LogP contribution < -0.4 is 0 Å². The Morgan fingerprint density at radius 1 is 0.529 bits per heavy atom. The number of phenols is 2. The molecule has 4 heteroatoms. The summed E-state index contributed by atoms with van der Waals surface area (Å²) in [7, 11) is 0. The lowest BCUT2D eigenvalue weighted by molar-refractivity contribution is 0.480. The van der Waals surface area contributed by atoms with Gasteiger partial charge in [-0.1, -0.05) is 84.9 Å². The van der Waals surface area contributed by atoms with E-state index in [1.807, 2.05) is 91.0 Å². The van der Waals surface area contributed by atoms with E-state index >= 15 is 0 Å². The fourth-order valence-corrected chi connectivity index (χ4v) is 4.08. The number of nitrogens with zero attached hydrogens (tertiary/aromatic N) is 2. The van der Waals surface area contributed by atoms with Crippen molar-refractivity contribution in [2.24, 2.45) is 9.98 Å². The van der Waals surface area contributed by atoms with Crippen LogP contribution in [0.4, 0.5) is 0 Å². The van der Waals surface area contributed by atoms with Crippen LogP contribution in [-0.2, 0) is 13.1 Å². The van der Waals surface area contributed by atoms with Crippen LogP contribution in [0.25, 0.3) is 21.5 Å².